The molecule has 1 N–H and O–H groups in total. The monoisotopic (exact) mass is 443 g/mol. The van der Waals surface area contributed by atoms with Gasteiger partial charge in [0.15, 0.2) is 4.32 Å². The number of hydrogen-bond acceptors (Lipinski definition) is 4. The summed E-state index contributed by atoms with van der Waals surface area (Å²) < 4.78 is 39.0. The fourth-order valence-electron chi connectivity index (χ4n) is 2.41. The number of carboxylic acids is 1. The van der Waals surface area contributed by atoms with Crippen molar-refractivity contribution in [3.05, 3.63) is 69.1 Å². The van der Waals surface area contributed by atoms with Crippen molar-refractivity contribution in [3.8, 4) is 0 Å². The second-order valence-electron chi connectivity index (χ2n) is 5.61. The molecule has 4 nitrogen and oxygen atoms in total. The lowest BCUT2D eigenvalue weighted by Gasteiger charge is -2.18. The van der Waals surface area contributed by atoms with Gasteiger partial charge in [-0.1, -0.05) is 47.7 Å². The highest BCUT2D eigenvalue weighted by Gasteiger charge is 2.37. The topological polar surface area (TPSA) is 57.6 Å². The lowest BCUT2D eigenvalue weighted by Crippen LogP contribution is -2.28. The first kappa shape index (κ1) is 20.4. The zero-order valence-corrected chi connectivity index (χ0v) is 16.0. The van der Waals surface area contributed by atoms with Crippen LogP contribution in [0.1, 0.15) is 21.5 Å². The first-order chi connectivity index (χ1) is 13.1. The summed E-state index contributed by atoms with van der Waals surface area (Å²) in [6.07, 6.45) is -3.12. The zero-order valence-electron chi connectivity index (χ0n) is 13.7. The molecule has 2 aromatic rings. The van der Waals surface area contributed by atoms with Crippen LogP contribution in [0.2, 0.25) is 5.02 Å². The maximum Gasteiger partial charge on any atom is 0.416 e. The van der Waals surface area contributed by atoms with Gasteiger partial charge in [-0.25, -0.2) is 4.79 Å². The van der Waals surface area contributed by atoms with Gasteiger partial charge in [0, 0.05) is 0 Å². The Kier molecular flexibility index (Phi) is 5.51. The SMILES string of the molecule is O=C(O)c1ccc(/C=C2\SC(=S)N(c3cc(C(F)(F)F)ccc3Cl)C2=O)cc1. The Balaban J connectivity index is 1.95. The molecular weight excluding hydrogens is 435 g/mol. The number of hydrogen-bond donors (Lipinski definition) is 1. The minimum absolute atomic E-state index is 0.0413. The van der Waals surface area contributed by atoms with Gasteiger partial charge in [0.2, 0.25) is 0 Å². The number of benzene rings is 2. The molecule has 1 saturated heterocycles. The summed E-state index contributed by atoms with van der Waals surface area (Å²) in [7, 11) is 0. The van der Waals surface area contributed by atoms with Gasteiger partial charge in [-0.2, -0.15) is 13.2 Å². The Morgan fingerprint density at radius 2 is 1.82 bits per heavy atom. The Hall–Kier alpha value is -2.36. The van der Waals surface area contributed by atoms with Crippen LogP contribution in [0.3, 0.4) is 0 Å². The van der Waals surface area contributed by atoms with Crippen molar-refractivity contribution in [1.82, 2.24) is 0 Å². The summed E-state index contributed by atoms with van der Waals surface area (Å²) in [6.45, 7) is 0. The van der Waals surface area contributed by atoms with Crippen LogP contribution in [-0.2, 0) is 11.0 Å². The van der Waals surface area contributed by atoms with Crippen LogP contribution in [0.4, 0.5) is 18.9 Å². The Bertz CT molecular complexity index is 1020. The summed E-state index contributed by atoms with van der Waals surface area (Å²) in [5, 5.41) is 8.87. The molecule has 0 radical (unpaired) electrons. The van der Waals surface area contributed by atoms with Gasteiger partial charge in [0.05, 0.1) is 26.7 Å². The number of anilines is 1. The van der Waals surface area contributed by atoms with Gasteiger partial charge in [-0.15, -0.1) is 0 Å². The molecule has 1 heterocycles. The minimum atomic E-state index is -4.60. The van der Waals surface area contributed by atoms with E-state index in [0.29, 0.717) is 5.56 Å². The number of nitrogens with zero attached hydrogens (tertiary/aromatic N) is 1. The number of carbonyl (C=O) groups excluding carboxylic acids is 1. The molecule has 3 rings (SSSR count). The van der Waals surface area contributed by atoms with Crippen LogP contribution >= 0.6 is 35.6 Å². The van der Waals surface area contributed by atoms with Gasteiger partial charge >= 0.3 is 12.1 Å². The van der Waals surface area contributed by atoms with Crippen LogP contribution in [-0.4, -0.2) is 21.3 Å². The number of carbonyl (C=O) groups is 2. The first-order valence-electron chi connectivity index (χ1n) is 7.56. The van der Waals surface area contributed by atoms with E-state index in [-0.39, 0.29) is 25.5 Å². The predicted octanol–water partition coefficient (Wildman–Crippen LogP) is 5.46. The van der Waals surface area contributed by atoms with E-state index in [0.717, 1.165) is 34.9 Å². The molecular formula is C18H9ClF3NO3S2. The fraction of sp³-hybridized carbons (Fsp3) is 0.0556. The van der Waals surface area contributed by atoms with Gasteiger partial charge < -0.3 is 5.11 Å². The molecule has 1 aliphatic rings. The molecule has 0 saturated carbocycles. The molecule has 28 heavy (non-hydrogen) atoms. The highest BCUT2D eigenvalue weighted by molar-refractivity contribution is 8.27. The average Bonchev–Trinajstić information content (AvgIpc) is 2.88. The summed E-state index contributed by atoms with van der Waals surface area (Å²) in [6, 6.07) is 8.42. The van der Waals surface area contributed by atoms with Crippen LogP contribution in [0.25, 0.3) is 6.08 Å². The summed E-state index contributed by atoms with van der Waals surface area (Å²) >= 11 is 12.1. The van der Waals surface area contributed by atoms with Crippen molar-refractivity contribution in [2.75, 3.05) is 4.90 Å². The van der Waals surface area contributed by atoms with Crippen molar-refractivity contribution >= 4 is 63.5 Å². The van der Waals surface area contributed by atoms with Gasteiger partial charge in [0.25, 0.3) is 5.91 Å². The highest BCUT2D eigenvalue weighted by Crippen LogP contribution is 2.41. The normalized spacial score (nSPS) is 16.1. The average molecular weight is 444 g/mol. The van der Waals surface area contributed by atoms with E-state index in [4.69, 9.17) is 28.9 Å². The molecule has 0 aliphatic carbocycles. The van der Waals surface area contributed by atoms with Gasteiger partial charge in [-0.3, -0.25) is 9.69 Å². The van der Waals surface area contributed by atoms with Crippen molar-refractivity contribution in [2.45, 2.75) is 6.18 Å². The number of halogens is 4. The molecule has 144 valence electrons. The van der Waals surface area contributed by atoms with E-state index in [2.05, 4.69) is 0 Å². The zero-order chi connectivity index (χ0) is 20.6. The molecule has 0 unspecified atom stereocenters. The van der Waals surface area contributed by atoms with Crippen molar-refractivity contribution in [2.24, 2.45) is 0 Å². The minimum Gasteiger partial charge on any atom is -0.478 e. The maximum atomic E-state index is 13.0. The number of amides is 1. The first-order valence-corrected chi connectivity index (χ1v) is 9.16. The van der Waals surface area contributed by atoms with E-state index < -0.39 is 23.6 Å². The van der Waals surface area contributed by atoms with Crippen LogP contribution in [0, 0.1) is 0 Å². The molecule has 1 amide bonds. The van der Waals surface area contributed by atoms with Crippen LogP contribution in [0.15, 0.2) is 47.4 Å². The molecule has 0 atom stereocenters. The lowest BCUT2D eigenvalue weighted by molar-refractivity contribution is -0.137. The number of rotatable bonds is 3. The quantitative estimate of drug-likeness (QED) is 0.504. The Morgan fingerprint density at radius 1 is 1.18 bits per heavy atom. The number of carboxylic acid groups (broad SMARTS) is 1. The third-order valence-electron chi connectivity index (χ3n) is 3.76. The van der Waals surface area contributed by atoms with E-state index in [1.807, 2.05) is 0 Å². The lowest BCUT2D eigenvalue weighted by atomic mass is 10.1. The summed E-state index contributed by atoms with van der Waals surface area (Å²) in [5.41, 5.74) is -0.473. The summed E-state index contributed by atoms with van der Waals surface area (Å²) in [5.74, 6) is -1.70. The number of thioether (sulfide) groups is 1. The van der Waals surface area contributed by atoms with Crippen molar-refractivity contribution in [1.29, 1.82) is 0 Å². The van der Waals surface area contributed by atoms with E-state index in [1.54, 1.807) is 0 Å². The highest BCUT2D eigenvalue weighted by atomic mass is 35.5. The molecule has 0 aromatic heterocycles. The van der Waals surface area contributed by atoms with E-state index in [9.17, 15) is 22.8 Å². The molecule has 0 bridgehead atoms. The number of thiocarbonyl (C=S) groups is 1. The van der Waals surface area contributed by atoms with Gasteiger partial charge in [0.1, 0.15) is 0 Å². The second-order valence-corrected chi connectivity index (χ2v) is 7.69. The van der Waals surface area contributed by atoms with Crippen molar-refractivity contribution < 1.29 is 27.9 Å². The Morgan fingerprint density at radius 3 is 2.39 bits per heavy atom. The van der Waals surface area contributed by atoms with Gasteiger partial charge in [-0.05, 0) is 42.0 Å². The van der Waals surface area contributed by atoms with E-state index >= 15 is 0 Å². The summed E-state index contributed by atoms with van der Waals surface area (Å²) in [4.78, 5) is 24.8. The third kappa shape index (κ3) is 4.06. The molecule has 1 fully saturated rings. The maximum absolute atomic E-state index is 13.0. The standard InChI is InChI=1S/C18H9ClF3NO3S2/c19-12-6-5-11(18(20,21)22)8-13(12)23-15(24)14(28-17(23)27)7-9-1-3-10(4-2-9)16(25)26/h1-8H,(H,25,26)/b14-7-. The number of alkyl halides is 3. The van der Waals surface area contributed by atoms with Crippen LogP contribution < -0.4 is 4.90 Å². The molecule has 10 heteroatoms. The fourth-order valence-corrected chi connectivity index (χ4v) is 3.90. The molecule has 2 aromatic carbocycles. The second kappa shape index (κ2) is 7.57. The van der Waals surface area contributed by atoms with E-state index in [1.165, 1.54) is 30.3 Å². The third-order valence-corrected chi connectivity index (χ3v) is 5.39. The van der Waals surface area contributed by atoms with Crippen LogP contribution in [0.5, 0.6) is 0 Å². The molecule has 1 aliphatic heterocycles. The predicted molar refractivity (Wildman–Crippen MR) is 106 cm³/mol. The smallest absolute Gasteiger partial charge is 0.416 e. The Labute approximate surface area is 171 Å². The van der Waals surface area contributed by atoms with Crippen molar-refractivity contribution in [3.63, 3.8) is 0 Å². The largest absolute Gasteiger partial charge is 0.478 e. The molecule has 0 spiro atoms. The number of aromatic carboxylic acids is 1.